The molecule has 3 rings (SSSR count). The largest absolute Gasteiger partial charge is 0.375 e. The van der Waals surface area contributed by atoms with E-state index in [0.717, 1.165) is 16.0 Å². The van der Waals surface area contributed by atoms with Crippen LogP contribution < -0.4 is 5.73 Å². The van der Waals surface area contributed by atoms with Gasteiger partial charge in [-0.2, -0.15) is 0 Å². The summed E-state index contributed by atoms with van der Waals surface area (Å²) < 4.78 is 13.3. The van der Waals surface area contributed by atoms with E-state index < -0.39 is 0 Å². The molecule has 0 fully saturated rings. The zero-order chi connectivity index (χ0) is 13.2. The van der Waals surface area contributed by atoms with E-state index in [-0.39, 0.29) is 5.82 Å². The number of rotatable bonds is 2. The number of halogens is 1. The first-order valence-corrected chi connectivity index (χ1v) is 6.48. The SMILES string of the molecule is Nc1nc(-c2cccc(F)c2)c(-c2ccncc2)s1. The maximum atomic E-state index is 13.3. The zero-order valence-electron chi connectivity index (χ0n) is 9.88. The number of nitrogens with zero attached hydrogens (tertiary/aromatic N) is 2. The second kappa shape index (κ2) is 4.78. The smallest absolute Gasteiger partial charge is 0.181 e. The molecule has 94 valence electrons. The number of hydrogen-bond acceptors (Lipinski definition) is 4. The van der Waals surface area contributed by atoms with Gasteiger partial charge in [0.15, 0.2) is 5.13 Å². The zero-order valence-corrected chi connectivity index (χ0v) is 10.7. The van der Waals surface area contributed by atoms with Crippen molar-refractivity contribution in [3.63, 3.8) is 0 Å². The molecule has 5 heteroatoms. The quantitative estimate of drug-likeness (QED) is 0.775. The molecule has 2 aromatic heterocycles. The van der Waals surface area contributed by atoms with Crippen LogP contribution in [0.15, 0.2) is 48.8 Å². The number of benzene rings is 1. The summed E-state index contributed by atoms with van der Waals surface area (Å²) >= 11 is 1.38. The van der Waals surface area contributed by atoms with Gasteiger partial charge >= 0.3 is 0 Å². The third kappa shape index (κ3) is 2.32. The summed E-state index contributed by atoms with van der Waals surface area (Å²) in [6.07, 6.45) is 3.42. The van der Waals surface area contributed by atoms with E-state index in [1.807, 2.05) is 18.2 Å². The fourth-order valence-corrected chi connectivity index (χ4v) is 2.73. The highest BCUT2D eigenvalue weighted by molar-refractivity contribution is 7.19. The first-order chi connectivity index (χ1) is 9.24. The predicted molar refractivity (Wildman–Crippen MR) is 75.2 cm³/mol. The summed E-state index contributed by atoms with van der Waals surface area (Å²) in [5, 5.41) is 0.464. The van der Waals surface area contributed by atoms with Gasteiger partial charge in [0.05, 0.1) is 10.6 Å². The van der Waals surface area contributed by atoms with Gasteiger partial charge in [-0.15, -0.1) is 0 Å². The summed E-state index contributed by atoms with van der Waals surface area (Å²) in [7, 11) is 0. The molecule has 0 bridgehead atoms. The molecular weight excluding hydrogens is 261 g/mol. The molecule has 0 spiro atoms. The molecule has 19 heavy (non-hydrogen) atoms. The van der Waals surface area contributed by atoms with Gasteiger partial charge < -0.3 is 5.73 Å². The molecule has 0 radical (unpaired) electrons. The lowest BCUT2D eigenvalue weighted by Gasteiger charge is -2.02. The molecule has 0 saturated heterocycles. The van der Waals surface area contributed by atoms with E-state index in [4.69, 9.17) is 5.73 Å². The number of anilines is 1. The van der Waals surface area contributed by atoms with Crippen molar-refractivity contribution in [1.29, 1.82) is 0 Å². The molecule has 2 heterocycles. The number of pyridine rings is 1. The van der Waals surface area contributed by atoms with Crippen LogP contribution >= 0.6 is 11.3 Å². The van der Waals surface area contributed by atoms with Crippen LogP contribution in [0.1, 0.15) is 0 Å². The van der Waals surface area contributed by atoms with Crippen molar-refractivity contribution in [2.45, 2.75) is 0 Å². The van der Waals surface area contributed by atoms with Crippen molar-refractivity contribution >= 4 is 16.5 Å². The second-order valence-electron chi connectivity index (χ2n) is 3.98. The van der Waals surface area contributed by atoms with Crippen LogP contribution in [0.2, 0.25) is 0 Å². The normalized spacial score (nSPS) is 10.6. The van der Waals surface area contributed by atoms with E-state index in [1.54, 1.807) is 18.5 Å². The Labute approximate surface area is 113 Å². The first kappa shape index (κ1) is 11.8. The van der Waals surface area contributed by atoms with Gasteiger partial charge in [-0.3, -0.25) is 4.98 Å². The van der Waals surface area contributed by atoms with Gasteiger partial charge in [-0.1, -0.05) is 23.5 Å². The number of aromatic nitrogens is 2. The molecule has 0 aliphatic heterocycles. The fourth-order valence-electron chi connectivity index (χ4n) is 1.87. The molecule has 2 N–H and O–H groups in total. The van der Waals surface area contributed by atoms with Gasteiger partial charge in [0, 0.05) is 18.0 Å². The summed E-state index contributed by atoms with van der Waals surface area (Å²) in [6, 6.07) is 10.1. The van der Waals surface area contributed by atoms with Gasteiger partial charge in [0.2, 0.25) is 0 Å². The first-order valence-electron chi connectivity index (χ1n) is 5.66. The molecule has 0 aliphatic carbocycles. The lowest BCUT2D eigenvalue weighted by Crippen LogP contribution is -1.85. The standard InChI is InChI=1S/C14H10FN3S/c15-11-3-1-2-10(8-11)12-13(19-14(16)18-12)9-4-6-17-7-5-9/h1-8H,(H2,16,18). The van der Waals surface area contributed by atoms with Crippen molar-refractivity contribution < 1.29 is 4.39 Å². The highest BCUT2D eigenvalue weighted by Crippen LogP contribution is 2.37. The second-order valence-corrected chi connectivity index (χ2v) is 5.01. The Morgan fingerprint density at radius 3 is 2.58 bits per heavy atom. The molecular formula is C14H10FN3S. The minimum absolute atomic E-state index is 0.287. The van der Waals surface area contributed by atoms with Crippen LogP contribution in [0.25, 0.3) is 21.7 Å². The number of thiazole rings is 1. The highest BCUT2D eigenvalue weighted by atomic mass is 32.1. The average Bonchev–Trinajstić information content (AvgIpc) is 2.82. The topological polar surface area (TPSA) is 51.8 Å². The lowest BCUT2D eigenvalue weighted by molar-refractivity contribution is 0.628. The molecule has 0 saturated carbocycles. The van der Waals surface area contributed by atoms with Crippen LogP contribution in [0.3, 0.4) is 0 Å². The van der Waals surface area contributed by atoms with Gasteiger partial charge in [0.1, 0.15) is 5.82 Å². The van der Waals surface area contributed by atoms with Crippen LogP contribution in [-0.4, -0.2) is 9.97 Å². The number of nitrogen functional groups attached to an aromatic ring is 1. The van der Waals surface area contributed by atoms with Crippen LogP contribution in [0.4, 0.5) is 9.52 Å². The lowest BCUT2D eigenvalue weighted by atomic mass is 10.1. The molecule has 0 aliphatic rings. The monoisotopic (exact) mass is 271 g/mol. The van der Waals surface area contributed by atoms with Gasteiger partial charge in [-0.05, 0) is 29.8 Å². The maximum Gasteiger partial charge on any atom is 0.181 e. The Bertz CT molecular complexity index is 710. The van der Waals surface area contributed by atoms with Gasteiger partial charge in [-0.25, -0.2) is 9.37 Å². The average molecular weight is 271 g/mol. The molecule has 0 amide bonds. The number of nitrogens with two attached hydrogens (primary N) is 1. The van der Waals surface area contributed by atoms with E-state index in [2.05, 4.69) is 9.97 Å². The Kier molecular flexibility index (Phi) is 2.97. The van der Waals surface area contributed by atoms with Crippen molar-refractivity contribution in [1.82, 2.24) is 9.97 Å². The van der Waals surface area contributed by atoms with Crippen LogP contribution in [0.5, 0.6) is 0 Å². The number of hydrogen-bond donors (Lipinski definition) is 1. The van der Waals surface area contributed by atoms with Crippen molar-refractivity contribution in [2.75, 3.05) is 5.73 Å². The van der Waals surface area contributed by atoms with E-state index in [1.165, 1.54) is 23.5 Å². The minimum atomic E-state index is -0.287. The van der Waals surface area contributed by atoms with Crippen LogP contribution in [-0.2, 0) is 0 Å². The minimum Gasteiger partial charge on any atom is -0.375 e. The van der Waals surface area contributed by atoms with E-state index >= 15 is 0 Å². The van der Waals surface area contributed by atoms with Gasteiger partial charge in [0.25, 0.3) is 0 Å². The third-order valence-corrected chi connectivity index (χ3v) is 3.62. The molecule has 1 aromatic carbocycles. The Morgan fingerprint density at radius 1 is 1.05 bits per heavy atom. The summed E-state index contributed by atoms with van der Waals surface area (Å²) in [6.45, 7) is 0. The van der Waals surface area contributed by atoms with Crippen molar-refractivity contribution in [3.8, 4) is 21.7 Å². The Hall–Kier alpha value is -2.27. The summed E-state index contributed by atoms with van der Waals surface area (Å²) in [5.41, 5.74) is 8.19. The summed E-state index contributed by atoms with van der Waals surface area (Å²) in [4.78, 5) is 9.22. The molecule has 3 aromatic rings. The van der Waals surface area contributed by atoms with Crippen molar-refractivity contribution in [2.24, 2.45) is 0 Å². The van der Waals surface area contributed by atoms with E-state index in [0.29, 0.717) is 10.8 Å². The third-order valence-electron chi connectivity index (χ3n) is 2.68. The predicted octanol–water partition coefficient (Wildman–Crippen LogP) is 3.59. The van der Waals surface area contributed by atoms with Crippen LogP contribution in [0, 0.1) is 5.82 Å². The molecule has 0 unspecified atom stereocenters. The van der Waals surface area contributed by atoms with Crippen molar-refractivity contribution in [3.05, 3.63) is 54.6 Å². The Morgan fingerprint density at radius 2 is 1.84 bits per heavy atom. The fraction of sp³-hybridized carbons (Fsp3) is 0. The molecule has 3 nitrogen and oxygen atoms in total. The summed E-state index contributed by atoms with van der Waals surface area (Å²) in [5.74, 6) is -0.287. The van der Waals surface area contributed by atoms with E-state index in [9.17, 15) is 4.39 Å². The molecule has 0 atom stereocenters. The maximum absolute atomic E-state index is 13.3. The Balaban J connectivity index is 2.18. The highest BCUT2D eigenvalue weighted by Gasteiger charge is 2.13.